The molecule has 0 aliphatic carbocycles. The van der Waals surface area contributed by atoms with Crippen molar-refractivity contribution >= 4 is 5.69 Å². The molecular formula is C12H18N2. The van der Waals surface area contributed by atoms with Crippen LogP contribution in [0.15, 0.2) is 18.2 Å². The molecule has 1 heterocycles. The summed E-state index contributed by atoms with van der Waals surface area (Å²) < 4.78 is 0. The van der Waals surface area contributed by atoms with Crippen LogP contribution in [0.25, 0.3) is 0 Å². The number of anilines is 1. The number of nitrogen functional groups attached to an aromatic ring is 1. The van der Waals surface area contributed by atoms with Crippen LogP contribution >= 0.6 is 0 Å². The van der Waals surface area contributed by atoms with Gasteiger partial charge in [-0.3, -0.25) is 0 Å². The molecule has 1 fully saturated rings. The van der Waals surface area contributed by atoms with Gasteiger partial charge in [0.05, 0.1) is 0 Å². The van der Waals surface area contributed by atoms with Gasteiger partial charge >= 0.3 is 0 Å². The van der Waals surface area contributed by atoms with Gasteiger partial charge in [0.15, 0.2) is 0 Å². The Hall–Kier alpha value is -1.02. The van der Waals surface area contributed by atoms with Gasteiger partial charge < -0.3 is 10.6 Å². The first-order valence-electron chi connectivity index (χ1n) is 5.27. The Morgan fingerprint density at radius 1 is 1.43 bits per heavy atom. The molecule has 1 aromatic carbocycles. The van der Waals surface area contributed by atoms with Crippen molar-refractivity contribution in [2.75, 3.05) is 25.9 Å². The zero-order chi connectivity index (χ0) is 10.1. The summed E-state index contributed by atoms with van der Waals surface area (Å²) >= 11 is 0. The van der Waals surface area contributed by atoms with Crippen LogP contribution in [0.4, 0.5) is 5.69 Å². The second kappa shape index (κ2) is 3.62. The Morgan fingerprint density at radius 2 is 2.14 bits per heavy atom. The lowest BCUT2D eigenvalue weighted by Gasteiger charge is -2.36. The molecular weight excluding hydrogens is 172 g/mol. The van der Waals surface area contributed by atoms with Crippen molar-refractivity contribution in [1.82, 2.24) is 4.90 Å². The minimum atomic E-state index is 0.728. The van der Waals surface area contributed by atoms with Crippen molar-refractivity contribution in [3.05, 3.63) is 29.3 Å². The van der Waals surface area contributed by atoms with Gasteiger partial charge in [0.1, 0.15) is 0 Å². The first kappa shape index (κ1) is 9.53. The van der Waals surface area contributed by atoms with Gasteiger partial charge in [0, 0.05) is 24.7 Å². The van der Waals surface area contributed by atoms with E-state index in [9.17, 15) is 0 Å². The smallest absolute Gasteiger partial charge is 0.0346 e. The molecule has 0 aromatic heterocycles. The minimum Gasteiger partial charge on any atom is -0.399 e. The molecule has 0 amide bonds. The van der Waals surface area contributed by atoms with Crippen molar-refractivity contribution in [3.63, 3.8) is 0 Å². The Bertz CT molecular complexity index is 327. The average Bonchev–Trinajstić information content (AvgIpc) is 2.14. The van der Waals surface area contributed by atoms with Gasteiger partial charge in [-0.25, -0.2) is 0 Å². The van der Waals surface area contributed by atoms with Crippen molar-refractivity contribution in [1.29, 1.82) is 0 Å². The third-order valence-electron chi connectivity index (χ3n) is 3.08. The normalized spacial score (nSPS) is 18.1. The van der Waals surface area contributed by atoms with Gasteiger partial charge in [-0.15, -0.1) is 0 Å². The summed E-state index contributed by atoms with van der Waals surface area (Å²) in [5.74, 6) is 0.728. The van der Waals surface area contributed by atoms with E-state index in [2.05, 4.69) is 31.0 Å². The summed E-state index contributed by atoms with van der Waals surface area (Å²) in [4.78, 5) is 2.34. The van der Waals surface area contributed by atoms with Crippen LogP contribution in [0.5, 0.6) is 0 Å². The van der Waals surface area contributed by atoms with Crippen molar-refractivity contribution in [2.45, 2.75) is 19.3 Å². The molecule has 0 radical (unpaired) electrons. The Morgan fingerprint density at radius 3 is 2.71 bits per heavy atom. The molecule has 0 atom stereocenters. The molecule has 2 rings (SSSR count). The van der Waals surface area contributed by atoms with Gasteiger partial charge in [-0.05, 0) is 30.7 Å². The van der Waals surface area contributed by atoms with Crippen LogP contribution in [0.1, 0.15) is 24.0 Å². The zero-order valence-electron chi connectivity index (χ0n) is 8.96. The van der Waals surface area contributed by atoms with E-state index in [1.807, 2.05) is 6.07 Å². The number of likely N-dealkylation sites (tertiary alicyclic amines) is 1. The van der Waals surface area contributed by atoms with Crippen LogP contribution in [0, 0.1) is 0 Å². The molecule has 2 heteroatoms. The van der Waals surface area contributed by atoms with E-state index in [1.165, 1.54) is 24.2 Å². The average molecular weight is 190 g/mol. The molecule has 0 unspecified atom stereocenters. The topological polar surface area (TPSA) is 29.3 Å². The predicted octanol–water partition coefficient (Wildman–Crippen LogP) is 1.86. The minimum absolute atomic E-state index is 0.728. The highest BCUT2D eigenvalue weighted by Crippen LogP contribution is 2.27. The highest BCUT2D eigenvalue weighted by Gasteiger charge is 2.24. The SMILES string of the molecule is CCc1cc(C2CN(C)C2)ccc1N. The Kier molecular flexibility index (Phi) is 2.46. The number of aryl methyl sites for hydroxylation is 1. The number of hydrogen-bond donors (Lipinski definition) is 1. The highest BCUT2D eigenvalue weighted by molar-refractivity contribution is 5.49. The maximum absolute atomic E-state index is 5.88. The quantitative estimate of drug-likeness (QED) is 0.721. The van der Waals surface area contributed by atoms with Crippen molar-refractivity contribution in [3.8, 4) is 0 Å². The molecule has 76 valence electrons. The fourth-order valence-electron chi connectivity index (χ4n) is 2.10. The number of nitrogens with zero attached hydrogens (tertiary/aromatic N) is 1. The highest BCUT2D eigenvalue weighted by atomic mass is 15.2. The zero-order valence-corrected chi connectivity index (χ0v) is 8.96. The van der Waals surface area contributed by atoms with E-state index < -0.39 is 0 Å². The van der Waals surface area contributed by atoms with Gasteiger partial charge in [-0.2, -0.15) is 0 Å². The van der Waals surface area contributed by atoms with Gasteiger partial charge in [0.25, 0.3) is 0 Å². The Labute approximate surface area is 85.7 Å². The lowest BCUT2D eigenvalue weighted by atomic mass is 9.90. The monoisotopic (exact) mass is 190 g/mol. The summed E-state index contributed by atoms with van der Waals surface area (Å²) in [7, 11) is 2.16. The van der Waals surface area contributed by atoms with Gasteiger partial charge in [-0.1, -0.05) is 19.1 Å². The first-order valence-corrected chi connectivity index (χ1v) is 5.27. The molecule has 1 aliphatic heterocycles. The summed E-state index contributed by atoms with van der Waals surface area (Å²) in [5.41, 5.74) is 9.55. The lowest BCUT2D eigenvalue weighted by Crippen LogP contribution is -2.41. The van der Waals surface area contributed by atoms with E-state index in [1.54, 1.807) is 0 Å². The molecule has 1 aromatic rings. The molecule has 2 N–H and O–H groups in total. The number of rotatable bonds is 2. The van der Waals surface area contributed by atoms with Crippen molar-refractivity contribution < 1.29 is 0 Å². The summed E-state index contributed by atoms with van der Waals surface area (Å²) in [5, 5.41) is 0. The predicted molar refractivity (Wildman–Crippen MR) is 60.5 cm³/mol. The fraction of sp³-hybridized carbons (Fsp3) is 0.500. The van der Waals surface area contributed by atoms with E-state index in [4.69, 9.17) is 5.73 Å². The van der Waals surface area contributed by atoms with E-state index in [-0.39, 0.29) is 0 Å². The van der Waals surface area contributed by atoms with E-state index in [0.717, 1.165) is 18.0 Å². The lowest BCUT2D eigenvalue weighted by molar-refractivity contribution is 0.189. The Balaban J connectivity index is 2.19. The second-order valence-electron chi connectivity index (χ2n) is 4.23. The molecule has 1 saturated heterocycles. The molecule has 0 saturated carbocycles. The number of benzene rings is 1. The van der Waals surface area contributed by atoms with Crippen molar-refractivity contribution in [2.24, 2.45) is 0 Å². The maximum atomic E-state index is 5.88. The van der Waals surface area contributed by atoms with Crippen LogP contribution in [0.2, 0.25) is 0 Å². The number of hydrogen-bond acceptors (Lipinski definition) is 2. The molecule has 1 aliphatic rings. The maximum Gasteiger partial charge on any atom is 0.0346 e. The van der Waals surface area contributed by atoms with Gasteiger partial charge in [0.2, 0.25) is 0 Å². The standard InChI is InChI=1S/C12H18N2/c1-3-9-6-10(4-5-12(9)13)11-7-14(2)8-11/h4-6,11H,3,7-8,13H2,1-2H3. The molecule has 0 bridgehead atoms. The second-order valence-corrected chi connectivity index (χ2v) is 4.23. The molecule has 14 heavy (non-hydrogen) atoms. The van der Waals surface area contributed by atoms with Crippen LogP contribution in [-0.2, 0) is 6.42 Å². The largest absolute Gasteiger partial charge is 0.399 e. The van der Waals surface area contributed by atoms with E-state index in [0.29, 0.717) is 0 Å². The van der Waals surface area contributed by atoms with E-state index >= 15 is 0 Å². The number of likely N-dealkylation sites (N-methyl/N-ethyl adjacent to an activating group) is 1. The van der Waals surface area contributed by atoms with Crippen LogP contribution in [0.3, 0.4) is 0 Å². The first-order chi connectivity index (χ1) is 6.70. The van der Waals surface area contributed by atoms with Crippen LogP contribution < -0.4 is 5.73 Å². The third-order valence-corrected chi connectivity index (χ3v) is 3.08. The summed E-state index contributed by atoms with van der Waals surface area (Å²) in [6.07, 6.45) is 1.03. The third kappa shape index (κ3) is 1.62. The number of nitrogens with two attached hydrogens (primary N) is 1. The fourth-order valence-corrected chi connectivity index (χ4v) is 2.10. The molecule has 2 nitrogen and oxygen atoms in total. The summed E-state index contributed by atoms with van der Waals surface area (Å²) in [6, 6.07) is 6.49. The summed E-state index contributed by atoms with van der Waals surface area (Å²) in [6.45, 7) is 4.53. The van der Waals surface area contributed by atoms with Crippen LogP contribution in [-0.4, -0.2) is 25.0 Å². The molecule has 0 spiro atoms.